The van der Waals surface area contributed by atoms with E-state index in [1.807, 2.05) is 54.0 Å². The van der Waals surface area contributed by atoms with Gasteiger partial charge in [0.15, 0.2) is 0 Å². The summed E-state index contributed by atoms with van der Waals surface area (Å²) in [5.74, 6) is -0.214. The highest BCUT2D eigenvalue weighted by Gasteiger charge is 2.29. The van der Waals surface area contributed by atoms with Gasteiger partial charge in [0.1, 0.15) is 11.5 Å². The summed E-state index contributed by atoms with van der Waals surface area (Å²) in [6.45, 7) is 8.22. The van der Waals surface area contributed by atoms with Crippen LogP contribution >= 0.6 is 11.6 Å². The molecule has 210 valence electrons. The predicted octanol–water partition coefficient (Wildman–Crippen LogP) is 6.30. The fourth-order valence-electron chi connectivity index (χ4n) is 5.99. The second-order valence-electron chi connectivity index (χ2n) is 10.9. The summed E-state index contributed by atoms with van der Waals surface area (Å²) in [5.41, 5.74) is 6.94. The summed E-state index contributed by atoms with van der Waals surface area (Å²) in [4.78, 5) is 36.2. The zero-order valence-electron chi connectivity index (χ0n) is 23.5. The number of aryl methyl sites for hydroxylation is 3. The van der Waals surface area contributed by atoms with Crippen molar-refractivity contribution in [1.82, 2.24) is 9.55 Å². The largest absolute Gasteiger partial charge is 0.368 e. The minimum atomic E-state index is -0.683. The number of carbonyl (C=O) groups excluding carboxylic acids is 2. The van der Waals surface area contributed by atoms with Crippen molar-refractivity contribution >= 4 is 40.5 Å². The summed E-state index contributed by atoms with van der Waals surface area (Å²) in [7, 11) is 0. The van der Waals surface area contributed by atoms with Gasteiger partial charge in [0.25, 0.3) is 11.7 Å². The average molecular weight is 568 g/mol. The Morgan fingerprint density at radius 1 is 0.854 bits per heavy atom. The van der Waals surface area contributed by atoms with Gasteiger partial charge in [-0.3, -0.25) is 9.59 Å². The van der Waals surface area contributed by atoms with Crippen molar-refractivity contribution in [2.45, 2.75) is 39.7 Å². The van der Waals surface area contributed by atoms with Crippen LogP contribution in [0.4, 0.5) is 17.2 Å². The van der Waals surface area contributed by atoms with E-state index in [1.54, 1.807) is 6.07 Å². The third-order valence-corrected chi connectivity index (χ3v) is 8.32. The van der Waals surface area contributed by atoms with Gasteiger partial charge in [-0.2, -0.15) is 0 Å². The van der Waals surface area contributed by atoms with Crippen LogP contribution in [0, 0.1) is 13.8 Å². The molecule has 2 aliphatic rings. The SMILES string of the molecule is Cc1cc(C)nc(N2CCN(c3ccc(NC(=O)C(=O)c4c(-c5ccccc5)cc5n4CCCC5)c(Cl)c3)CC2)c1. The molecule has 2 aromatic carbocycles. The van der Waals surface area contributed by atoms with Crippen molar-refractivity contribution in [1.29, 1.82) is 0 Å². The number of nitrogens with zero attached hydrogens (tertiary/aromatic N) is 4. The molecule has 6 rings (SSSR count). The number of rotatable bonds is 6. The normalized spacial score (nSPS) is 15.0. The van der Waals surface area contributed by atoms with Gasteiger partial charge in [0.05, 0.1) is 10.7 Å². The van der Waals surface area contributed by atoms with Crippen molar-refractivity contribution in [3.8, 4) is 11.1 Å². The van der Waals surface area contributed by atoms with Crippen LogP contribution in [0.15, 0.2) is 66.7 Å². The van der Waals surface area contributed by atoms with Crippen molar-refractivity contribution in [2.24, 2.45) is 0 Å². The number of hydrogen-bond donors (Lipinski definition) is 1. The van der Waals surface area contributed by atoms with Gasteiger partial charge in [-0.05, 0) is 80.6 Å². The molecule has 1 fully saturated rings. The number of piperazine rings is 1. The van der Waals surface area contributed by atoms with Crippen molar-refractivity contribution < 1.29 is 9.59 Å². The number of aromatic nitrogens is 2. The Morgan fingerprint density at radius 3 is 2.34 bits per heavy atom. The molecular weight excluding hydrogens is 534 g/mol. The summed E-state index contributed by atoms with van der Waals surface area (Å²) >= 11 is 6.65. The van der Waals surface area contributed by atoms with E-state index in [9.17, 15) is 9.59 Å². The van der Waals surface area contributed by atoms with Gasteiger partial charge in [0, 0.05) is 55.4 Å². The van der Waals surface area contributed by atoms with Gasteiger partial charge in [0.2, 0.25) is 0 Å². The molecule has 0 atom stereocenters. The van der Waals surface area contributed by atoms with E-state index in [1.165, 1.54) is 5.56 Å². The summed E-state index contributed by atoms with van der Waals surface area (Å²) in [5, 5.41) is 3.19. The lowest BCUT2D eigenvalue weighted by Gasteiger charge is -2.37. The molecule has 0 radical (unpaired) electrons. The molecule has 1 amide bonds. The number of Topliss-reactive ketones (excluding diaryl/α,β-unsaturated/α-hetero) is 1. The maximum atomic E-state index is 13.6. The highest BCUT2D eigenvalue weighted by atomic mass is 35.5. The van der Waals surface area contributed by atoms with E-state index in [-0.39, 0.29) is 0 Å². The first-order chi connectivity index (χ1) is 19.9. The number of nitrogens with one attached hydrogen (secondary N) is 1. The van der Waals surface area contributed by atoms with Crippen LogP contribution in [0.5, 0.6) is 0 Å². The van der Waals surface area contributed by atoms with Gasteiger partial charge in [-0.25, -0.2) is 4.98 Å². The standard InChI is InChI=1S/C33H34ClN5O2/c1-22-18-23(2)35-30(19-22)38-16-14-37(15-17-38)25-11-12-29(28(34)21-25)36-33(41)32(40)31-27(24-8-4-3-5-9-24)20-26-10-6-7-13-39(26)31/h3-5,8-9,11-12,18-21H,6-7,10,13-17H2,1-2H3,(H,36,41). The van der Waals surface area contributed by atoms with Gasteiger partial charge in [-0.1, -0.05) is 41.9 Å². The third-order valence-electron chi connectivity index (χ3n) is 8.01. The molecule has 0 aliphatic carbocycles. The number of anilines is 3. The number of amides is 1. The van der Waals surface area contributed by atoms with Gasteiger partial charge in [-0.15, -0.1) is 0 Å². The molecule has 0 bridgehead atoms. The predicted molar refractivity (Wildman–Crippen MR) is 165 cm³/mol. The van der Waals surface area contributed by atoms with E-state index in [4.69, 9.17) is 16.6 Å². The summed E-state index contributed by atoms with van der Waals surface area (Å²) in [6, 6.07) is 21.7. The maximum Gasteiger partial charge on any atom is 0.298 e. The number of ketones is 1. The van der Waals surface area contributed by atoms with Crippen molar-refractivity contribution in [3.05, 3.63) is 94.4 Å². The van der Waals surface area contributed by atoms with E-state index < -0.39 is 11.7 Å². The fraction of sp³-hybridized carbons (Fsp3) is 0.303. The third kappa shape index (κ3) is 5.59. The Hall–Kier alpha value is -4.10. The molecule has 4 heterocycles. The molecule has 7 nitrogen and oxygen atoms in total. The Labute approximate surface area is 245 Å². The zero-order valence-corrected chi connectivity index (χ0v) is 24.2. The van der Waals surface area contributed by atoms with Crippen LogP contribution in [0.2, 0.25) is 5.02 Å². The minimum Gasteiger partial charge on any atom is -0.368 e. The summed E-state index contributed by atoms with van der Waals surface area (Å²) < 4.78 is 2.02. The maximum absolute atomic E-state index is 13.6. The smallest absolute Gasteiger partial charge is 0.298 e. The Morgan fingerprint density at radius 2 is 1.61 bits per heavy atom. The van der Waals surface area contributed by atoms with Crippen molar-refractivity contribution in [2.75, 3.05) is 41.3 Å². The lowest BCUT2D eigenvalue weighted by atomic mass is 10.0. The highest BCUT2D eigenvalue weighted by molar-refractivity contribution is 6.48. The van der Waals surface area contributed by atoms with Crippen LogP contribution in [0.1, 0.15) is 40.3 Å². The molecule has 0 spiro atoms. The van der Waals surface area contributed by atoms with E-state index in [0.29, 0.717) is 16.4 Å². The molecule has 0 unspecified atom stereocenters. The molecule has 8 heteroatoms. The molecule has 2 aliphatic heterocycles. The van der Waals surface area contributed by atoms with E-state index in [2.05, 4.69) is 40.2 Å². The lowest BCUT2D eigenvalue weighted by Crippen LogP contribution is -2.46. The number of benzene rings is 2. The summed E-state index contributed by atoms with van der Waals surface area (Å²) in [6.07, 6.45) is 2.97. The Bertz CT molecular complexity index is 1590. The topological polar surface area (TPSA) is 70.5 Å². The molecule has 1 saturated heterocycles. The number of fused-ring (bicyclic) bond motifs is 1. The van der Waals surface area contributed by atoms with E-state index >= 15 is 0 Å². The molecule has 4 aromatic rings. The second-order valence-corrected chi connectivity index (χ2v) is 11.3. The number of hydrogen-bond acceptors (Lipinski definition) is 5. The molecule has 1 N–H and O–H groups in total. The van der Waals surface area contributed by atoms with E-state index in [0.717, 1.165) is 86.0 Å². The average Bonchev–Trinajstić information content (AvgIpc) is 3.37. The van der Waals surface area contributed by atoms with Crippen LogP contribution in [-0.4, -0.2) is 47.4 Å². The Kier molecular flexibility index (Phi) is 7.54. The number of halogens is 1. The monoisotopic (exact) mass is 567 g/mol. The zero-order chi connectivity index (χ0) is 28.5. The second kappa shape index (κ2) is 11.4. The van der Waals surface area contributed by atoms with Gasteiger partial charge < -0.3 is 19.7 Å². The minimum absolute atomic E-state index is 0.405. The van der Waals surface area contributed by atoms with Crippen LogP contribution in [0.25, 0.3) is 11.1 Å². The first-order valence-electron chi connectivity index (χ1n) is 14.3. The first kappa shape index (κ1) is 27.1. The van der Waals surface area contributed by atoms with Crippen LogP contribution < -0.4 is 15.1 Å². The van der Waals surface area contributed by atoms with Crippen LogP contribution in [0.3, 0.4) is 0 Å². The highest BCUT2D eigenvalue weighted by Crippen LogP contribution is 2.33. The number of carbonyl (C=O) groups is 2. The lowest BCUT2D eigenvalue weighted by molar-refractivity contribution is -0.112. The number of pyridine rings is 1. The molecular formula is C33H34ClN5O2. The molecule has 41 heavy (non-hydrogen) atoms. The van der Waals surface area contributed by atoms with Crippen molar-refractivity contribution in [3.63, 3.8) is 0 Å². The molecule has 0 saturated carbocycles. The van der Waals surface area contributed by atoms with Gasteiger partial charge >= 0.3 is 0 Å². The fourth-order valence-corrected chi connectivity index (χ4v) is 6.21. The Balaban J connectivity index is 1.16. The van der Waals surface area contributed by atoms with Crippen LogP contribution in [-0.2, 0) is 17.8 Å². The molecule has 2 aromatic heterocycles. The quantitative estimate of drug-likeness (QED) is 0.218. The first-order valence-corrected chi connectivity index (χ1v) is 14.6.